The van der Waals surface area contributed by atoms with Crippen LogP contribution in [0.3, 0.4) is 0 Å². The number of piperidine rings is 1. The van der Waals surface area contributed by atoms with Gasteiger partial charge in [-0.3, -0.25) is 4.79 Å². The van der Waals surface area contributed by atoms with Gasteiger partial charge in [-0.2, -0.15) is 9.40 Å². The first-order valence-corrected chi connectivity index (χ1v) is 12.5. The van der Waals surface area contributed by atoms with Crippen LogP contribution in [-0.4, -0.2) is 35.6 Å². The molecule has 2 aromatic rings. The van der Waals surface area contributed by atoms with Gasteiger partial charge in [-0.1, -0.05) is 26.0 Å². The molecule has 1 atom stereocenters. The lowest BCUT2D eigenvalue weighted by molar-refractivity contribution is 0.281. The van der Waals surface area contributed by atoms with Gasteiger partial charge in [0.05, 0.1) is 10.6 Å². The Bertz CT molecular complexity index is 1120. The van der Waals surface area contributed by atoms with Gasteiger partial charge in [0.2, 0.25) is 10.0 Å². The highest BCUT2D eigenvalue weighted by molar-refractivity contribution is 7.89. The largest absolute Gasteiger partial charge is 0.269 e. The zero-order valence-corrected chi connectivity index (χ0v) is 19.0. The Kier molecular flexibility index (Phi) is 5.86. The normalized spacial score (nSPS) is 20.2. The van der Waals surface area contributed by atoms with Crippen LogP contribution in [0.2, 0.25) is 0 Å². The molecular weight excluding hydrogens is 398 g/mol. The lowest BCUT2D eigenvalue weighted by Crippen LogP contribution is -2.39. The van der Waals surface area contributed by atoms with Gasteiger partial charge in [0.25, 0.3) is 5.56 Å². The lowest BCUT2D eigenvalue weighted by Gasteiger charge is -2.30. The van der Waals surface area contributed by atoms with E-state index in [2.05, 4.69) is 12.0 Å². The fraction of sp³-hybridized carbons (Fsp3) is 0.565. The summed E-state index contributed by atoms with van der Waals surface area (Å²) in [5.41, 5.74) is 4.15. The highest BCUT2D eigenvalue weighted by Gasteiger charge is 2.31. The second-order valence-corrected chi connectivity index (χ2v) is 10.6. The predicted octanol–water partition coefficient (Wildman–Crippen LogP) is 3.31. The van der Waals surface area contributed by atoms with E-state index >= 15 is 0 Å². The molecule has 1 unspecified atom stereocenters. The number of fused-ring (bicyclic) bond motifs is 1. The Hall–Kier alpha value is -1.99. The summed E-state index contributed by atoms with van der Waals surface area (Å²) in [5, 5.41) is 4.56. The first-order chi connectivity index (χ1) is 14.3. The molecule has 7 heteroatoms. The summed E-state index contributed by atoms with van der Waals surface area (Å²) >= 11 is 0. The van der Waals surface area contributed by atoms with E-state index in [0.717, 1.165) is 66.5 Å². The Morgan fingerprint density at radius 1 is 1.13 bits per heavy atom. The number of rotatable bonds is 4. The first kappa shape index (κ1) is 21.2. The van der Waals surface area contributed by atoms with Crippen LogP contribution in [0.5, 0.6) is 0 Å². The minimum absolute atomic E-state index is 0.0335. The van der Waals surface area contributed by atoms with Crippen LogP contribution in [-0.2, 0) is 36.3 Å². The third-order valence-corrected chi connectivity index (χ3v) is 8.46. The van der Waals surface area contributed by atoms with Crippen molar-refractivity contribution in [3.8, 4) is 11.3 Å². The van der Waals surface area contributed by atoms with E-state index in [1.165, 1.54) is 4.68 Å². The molecule has 1 saturated heterocycles. The highest BCUT2D eigenvalue weighted by atomic mass is 32.2. The SMILES string of the molecule is CCc1ccc(-c2nn(C)c(=O)c3c2CCCC3)cc1S(=O)(=O)N1CCCC(C)C1. The van der Waals surface area contributed by atoms with Gasteiger partial charge in [0, 0.05) is 31.3 Å². The molecule has 0 N–H and O–H groups in total. The molecule has 0 saturated carbocycles. The van der Waals surface area contributed by atoms with Gasteiger partial charge in [-0.25, -0.2) is 13.1 Å². The van der Waals surface area contributed by atoms with Crippen LogP contribution in [0.15, 0.2) is 27.9 Å². The number of hydrogen-bond acceptors (Lipinski definition) is 4. The van der Waals surface area contributed by atoms with Gasteiger partial charge in [-0.05, 0) is 68.1 Å². The van der Waals surface area contributed by atoms with E-state index in [-0.39, 0.29) is 5.56 Å². The Morgan fingerprint density at radius 2 is 1.87 bits per heavy atom. The lowest BCUT2D eigenvalue weighted by atomic mass is 9.89. The van der Waals surface area contributed by atoms with Crippen molar-refractivity contribution >= 4 is 10.0 Å². The average Bonchev–Trinajstić information content (AvgIpc) is 2.76. The van der Waals surface area contributed by atoms with Crippen LogP contribution >= 0.6 is 0 Å². The van der Waals surface area contributed by atoms with Gasteiger partial charge in [0.15, 0.2) is 0 Å². The third-order valence-electron chi connectivity index (χ3n) is 6.51. The van der Waals surface area contributed by atoms with Crippen molar-refractivity contribution in [3.63, 3.8) is 0 Å². The molecule has 162 valence electrons. The zero-order chi connectivity index (χ0) is 21.5. The van der Waals surface area contributed by atoms with E-state index in [0.29, 0.717) is 30.3 Å². The van der Waals surface area contributed by atoms with Crippen molar-refractivity contribution in [2.45, 2.75) is 63.7 Å². The van der Waals surface area contributed by atoms with E-state index in [1.54, 1.807) is 17.4 Å². The number of hydrogen-bond donors (Lipinski definition) is 0. The van der Waals surface area contributed by atoms with Crippen LogP contribution in [0.25, 0.3) is 11.3 Å². The van der Waals surface area contributed by atoms with Crippen LogP contribution in [0.1, 0.15) is 56.2 Å². The van der Waals surface area contributed by atoms with Crippen LogP contribution in [0.4, 0.5) is 0 Å². The molecule has 0 bridgehead atoms. The number of sulfonamides is 1. The van der Waals surface area contributed by atoms with Crippen molar-refractivity contribution in [1.82, 2.24) is 14.1 Å². The molecule has 2 heterocycles. The minimum atomic E-state index is -3.57. The van der Waals surface area contributed by atoms with Gasteiger partial charge in [-0.15, -0.1) is 0 Å². The third kappa shape index (κ3) is 3.73. The van der Waals surface area contributed by atoms with E-state index in [1.807, 2.05) is 19.1 Å². The first-order valence-electron chi connectivity index (χ1n) is 11.1. The monoisotopic (exact) mass is 429 g/mol. The molecule has 0 spiro atoms. The Morgan fingerprint density at radius 3 is 2.57 bits per heavy atom. The molecule has 1 aliphatic carbocycles. The summed E-state index contributed by atoms with van der Waals surface area (Å²) in [4.78, 5) is 12.9. The van der Waals surface area contributed by atoms with Gasteiger partial charge >= 0.3 is 0 Å². The second kappa shape index (κ2) is 8.27. The molecular formula is C23H31N3O3S. The number of aryl methyl sites for hydroxylation is 2. The van der Waals surface area contributed by atoms with Crippen LogP contribution < -0.4 is 5.56 Å². The van der Waals surface area contributed by atoms with Crippen molar-refractivity contribution in [2.75, 3.05) is 13.1 Å². The standard InChI is InChI=1S/C23H31N3O3S/c1-4-17-11-12-18(14-21(17)30(28,29)26-13-7-8-16(2)15-26)22-19-9-5-6-10-20(19)23(27)25(3)24-22/h11-12,14,16H,4-10,13,15H2,1-3H3. The molecule has 1 fully saturated rings. The minimum Gasteiger partial charge on any atom is -0.268 e. The molecule has 30 heavy (non-hydrogen) atoms. The van der Waals surface area contributed by atoms with Gasteiger partial charge < -0.3 is 0 Å². The molecule has 4 rings (SSSR count). The smallest absolute Gasteiger partial charge is 0.268 e. The van der Waals surface area contributed by atoms with E-state index < -0.39 is 10.0 Å². The topological polar surface area (TPSA) is 72.3 Å². The Labute approximate surface area is 179 Å². The maximum absolute atomic E-state index is 13.6. The van der Waals surface area contributed by atoms with E-state index in [9.17, 15) is 13.2 Å². The molecule has 1 aromatic carbocycles. The van der Waals surface area contributed by atoms with Gasteiger partial charge in [0.1, 0.15) is 0 Å². The number of benzene rings is 1. The van der Waals surface area contributed by atoms with Crippen molar-refractivity contribution in [3.05, 3.63) is 45.2 Å². The maximum Gasteiger partial charge on any atom is 0.269 e. The predicted molar refractivity (Wildman–Crippen MR) is 118 cm³/mol. The summed E-state index contributed by atoms with van der Waals surface area (Å²) in [7, 11) is -1.90. The van der Waals surface area contributed by atoms with Crippen molar-refractivity contribution < 1.29 is 8.42 Å². The summed E-state index contributed by atoms with van der Waals surface area (Å²) in [6.07, 6.45) is 6.23. The highest BCUT2D eigenvalue weighted by Crippen LogP contribution is 2.32. The van der Waals surface area contributed by atoms with Crippen LogP contribution in [0, 0.1) is 5.92 Å². The quantitative estimate of drug-likeness (QED) is 0.748. The second-order valence-electron chi connectivity index (χ2n) is 8.73. The summed E-state index contributed by atoms with van der Waals surface area (Å²) in [5.74, 6) is 0.374. The summed E-state index contributed by atoms with van der Waals surface area (Å²) in [6, 6.07) is 5.66. The average molecular weight is 430 g/mol. The molecule has 2 aliphatic rings. The molecule has 6 nitrogen and oxygen atoms in total. The fourth-order valence-corrected chi connectivity index (χ4v) is 6.74. The fourth-order valence-electron chi connectivity index (χ4n) is 4.82. The molecule has 0 radical (unpaired) electrons. The Balaban J connectivity index is 1.85. The van der Waals surface area contributed by atoms with Crippen molar-refractivity contribution in [2.24, 2.45) is 13.0 Å². The molecule has 1 aliphatic heterocycles. The zero-order valence-electron chi connectivity index (χ0n) is 18.1. The summed E-state index contributed by atoms with van der Waals surface area (Å²) in [6.45, 7) is 5.25. The molecule has 1 aromatic heterocycles. The number of aromatic nitrogens is 2. The van der Waals surface area contributed by atoms with E-state index in [4.69, 9.17) is 0 Å². The van der Waals surface area contributed by atoms with Crippen molar-refractivity contribution in [1.29, 1.82) is 0 Å². The number of nitrogens with zero attached hydrogens (tertiary/aromatic N) is 3. The summed E-state index contributed by atoms with van der Waals surface area (Å²) < 4.78 is 30.2. The molecule has 0 amide bonds. The maximum atomic E-state index is 13.6.